The number of aryl methyl sites for hydroxylation is 2. The van der Waals surface area contributed by atoms with E-state index in [0.717, 1.165) is 30.4 Å². The van der Waals surface area contributed by atoms with E-state index in [9.17, 15) is 14.7 Å². The van der Waals surface area contributed by atoms with Crippen LogP contribution in [0.1, 0.15) is 60.5 Å². The molecule has 4 nitrogen and oxygen atoms in total. The second-order valence-corrected chi connectivity index (χ2v) is 7.05. The number of carbonyl (C=O) groups excluding carboxylic acids is 2. The third kappa shape index (κ3) is 4.20. The Hall–Kier alpha value is -1.68. The van der Waals surface area contributed by atoms with E-state index in [1.807, 2.05) is 39.0 Å². The standard InChI is InChI=1S/C19H27NO3/c1-13-6-7-15(11-14(13)2)16(22)8-9-18(23)20-17-5-4-10-19(17,3)12-21/h6-7,11,17,21H,4-5,8-10,12H2,1-3H3,(H,20,23). The molecule has 4 heteroatoms. The minimum absolute atomic E-state index is 0.000378. The predicted molar refractivity (Wildman–Crippen MR) is 90.5 cm³/mol. The van der Waals surface area contributed by atoms with Gasteiger partial charge in [-0.2, -0.15) is 0 Å². The van der Waals surface area contributed by atoms with Gasteiger partial charge in [0.2, 0.25) is 5.91 Å². The van der Waals surface area contributed by atoms with Crippen LogP contribution in [-0.2, 0) is 4.79 Å². The van der Waals surface area contributed by atoms with Crippen molar-refractivity contribution in [2.75, 3.05) is 6.61 Å². The van der Waals surface area contributed by atoms with Crippen LogP contribution in [0, 0.1) is 19.3 Å². The van der Waals surface area contributed by atoms with Crippen molar-refractivity contribution in [2.24, 2.45) is 5.41 Å². The molecular weight excluding hydrogens is 290 g/mol. The number of hydrogen-bond donors (Lipinski definition) is 2. The zero-order valence-electron chi connectivity index (χ0n) is 14.3. The molecule has 0 heterocycles. The van der Waals surface area contributed by atoms with Crippen LogP contribution in [-0.4, -0.2) is 29.4 Å². The van der Waals surface area contributed by atoms with Crippen molar-refractivity contribution >= 4 is 11.7 Å². The molecule has 0 bridgehead atoms. The third-order valence-corrected chi connectivity index (χ3v) is 5.19. The molecule has 0 aromatic heterocycles. The van der Waals surface area contributed by atoms with Gasteiger partial charge in [0.1, 0.15) is 0 Å². The highest BCUT2D eigenvalue weighted by Crippen LogP contribution is 2.37. The largest absolute Gasteiger partial charge is 0.396 e. The molecule has 1 saturated carbocycles. The maximum atomic E-state index is 12.2. The van der Waals surface area contributed by atoms with E-state index < -0.39 is 0 Å². The Balaban J connectivity index is 1.86. The van der Waals surface area contributed by atoms with E-state index in [4.69, 9.17) is 0 Å². The van der Waals surface area contributed by atoms with Gasteiger partial charge in [-0.1, -0.05) is 25.5 Å². The van der Waals surface area contributed by atoms with E-state index in [2.05, 4.69) is 5.32 Å². The van der Waals surface area contributed by atoms with E-state index in [1.165, 1.54) is 0 Å². The highest BCUT2D eigenvalue weighted by Gasteiger charge is 2.38. The van der Waals surface area contributed by atoms with Crippen molar-refractivity contribution in [3.05, 3.63) is 34.9 Å². The number of hydrogen-bond acceptors (Lipinski definition) is 3. The number of aliphatic hydroxyl groups excluding tert-OH is 1. The van der Waals surface area contributed by atoms with E-state index in [-0.39, 0.29) is 42.6 Å². The van der Waals surface area contributed by atoms with Gasteiger partial charge in [-0.25, -0.2) is 0 Å². The van der Waals surface area contributed by atoms with E-state index in [0.29, 0.717) is 5.56 Å². The van der Waals surface area contributed by atoms with Crippen molar-refractivity contribution in [2.45, 2.75) is 58.9 Å². The summed E-state index contributed by atoms with van der Waals surface area (Å²) in [4.78, 5) is 24.3. The van der Waals surface area contributed by atoms with Gasteiger partial charge < -0.3 is 10.4 Å². The van der Waals surface area contributed by atoms with Crippen LogP contribution in [0.4, 0.5) is 0 Å². The molecule has 0 saturated heterocycles. The first-order valence-electron chi connectivity index (χ1n) is 8.36. The fourth-order valence-electron chi connectivity index (χ4n) is 3.22. The summed E-state index contributed by atoms with van der Waals surface area (Å²) >= 11 is 0. The summed E-state index contributed by atoms with van der Waals surface area (Å²) in [5.41, 5.74) is 2.68. The Bertz CT molecular complexity index is 596. The van der Waals surface area contributed by atoms with Gasteiger partial charge in [-0.15, -0.1) is 0 Å². The van der Waals surface area contributed by atoms with Gasteiger partial charge in [0.05, 0.1) is 6.61 Å². The lowest BCUT2D eigenvalue weighted by Gasteiger charge is -2.30. The van der Waals surface area contributed by atoms with Crippen molar-refractivity contribution in [3.8, 4) is 0 Å². The fraction of sp³-hybridized carbons (Fsp3) is 0.579. The lowest BCUT2D eigenvalue weighted by atomic mass is 9.85. The van der Waals surface area contributed by atoms with E-state index in [1.54, 1.807) is 0 Å². The van der Waals surface area contributed by atoms with Crippen LogP contribution in [0.5, 0.6) is 0 Å². The Labute approximate surface area is 138 Å². The number of aliphatic hydroxyl groups is 1. The van der Waals surface area contributed by atoms with Crippen molar-refractivity contribution in [1.82, 2.24) is 5.32 Å². The molecule has 2 atom stereocenters. The summed E-state index contributed by atoms with van der Waals surface area (Å²) in [6, 6.07) is 5.66. The van der Waals surface area contributed by atoms with Gasteiger partial charge in [0.25, 0.3) is 0 Å². The van der Waals surface area contributed by atoms with Crippen LogP contribution >= 0.6 is 0 Å². The summed E-state index contributed by atoms with van der Waals surface area (Å²) < 4.78 is 0. The molecule has 0 aliphatic heterocycles. The lowest BCUT2D eigenvalue weighted by molar-refractivity contribution is -0.122. The second-order valence-electron chi connectivity index (χ2n) is 7.05. The van der Waals surface area contributed by atoms with Crippen LogP contribution in [0.2, 0.25) is 0 Å². The zero-order valence-corrected chi connectivity index (χ0v) is 14.3. The molecule has 0 radical (unpaired) electrons. The van der Waals surface area contributed by atoms with Gasteiger partial charge in [0, 0.05) is 29.9 Å². The van der Waals surface area contributed by atoms with Crippen LogP contribution in [0.25, 0.3) is 0 Å². The zero-order chi connectivity index (χ0) is 17.0. The van der Waals surface area contributed by atoms with Gasteiger partial charge in [0.15, 0.2) is 5.78 Å². The molecule has 1 aromatic carbocycles. The average molecular weight is 317 g/mol. The molecule has 1 aliphatic carbocycles. The number of benzene rings is 1. The summed E-state index contributed by atoms with van der Waals surface area (Å²) in [5, 5.41) is 12.5. The maximum absolute atomic E-state index is 12.2. The Morgan fingerprint density at radius 1 is 1.26 bits per heavy atom. The third-order valence-electron chi connectivity index (χ3n) is 5.19. The number of carbonyl (C=O) groups is 2. The molecule has 2 N–H and O–H groups in total. The molecular formula is C19H27NO3. The SMILES string of the molecule is Cc1ccc(C(=O)CCC(=O)NC2CCCC2(C)CO)cc1C. The summed E-state index contributed by atoms with van der Waals surface area (Å²) in [7, 11) is 0. The quantitative estimate of drug-likeness (QED) is 0.793. The Kier molecular flexibility index (Phi) is 5.58. The summed E-state index contributed by atoms with van der Waals surface area (Å²) in [6.07, 6.45) is 3.26. The lowest BCUT2D eigenvalue weighted by Crippen LogP contribution is -2.44. The first-order valence-corrected chi connectivity index (χ1v) is 8.36. The minimum Gasteiger partial charge on any atom is -0.396 e. The Morgan fingerprint density at radius 2 is 2.00 bits per heavy atom. The minimum atomic E-state index is -0.228. The summed E-state index contributed by atoms with van der Waals surface area (Å²) in [5.74, 6) is -0.103. The highest BCUT2D eigenvalue weighted by molar-refractivity contribution is 5.98. The second kappa shape index (κ2) is 7.26. The van der Waals surface area contributed by atoms with Crippen molar-refractivity contribution in [3.63, 3.8) is 0 Å². The average Bonchev–Trinajstić information content (AvgIpc) is 2.89. The molecule has 2 unspecified atom stereocenters. The van der Waals surface area contributed by atoms with Gasteiger partial charge in [-0.3, -0.25) is 9.59 Å². The number of amides is 1. The highest BCUT2D eigenvalue weighted by atomic mass is 16.3. The number of ketones is 1. The Morgan fingerprint density at radius 3 is 2.65 bits per heavy atom. The predicted octanol–water partition coefficient (Wildman–Crippen LogP) is 2.93. The number of Topliss-reactive ketones (excluding diaryl/α,β-unsaturated/α-hetero) is 1. The normalized spacial score (nSPS) is 23.7. The van der Waals surface area contributed by atoms with Gasteiger partial charge >= 0.3 is 0 Å². The smallest absolute Gasteiger partial charge is 0.220 e. The van der Waals surface area contributed by atoms with Crippen molar-refractivity contribution < 1.29 is 14.7 Å². The molecule has 0 spiro atoms. The van der Waals surface area contributed by atoms with Crippen LogP contribution < -0.4 is 5.32 Å². The molecule has 1 aliphatic rings. The monoisotopic (exact) mass is 317 g/mol. The molecule has 2 rings (SSSR count). The molecule has 1 amide bonds. The molecule has 126 valence electrons. The maximum Gasteiger partial charge on any atom is 0.220 e. The molecule has 23 heavy (non-hydrogen) atoms. The topological polar surface area (TPSA) is 66.4 Å². The number of rotatable bonds is 6. The van der Waals surface area contributed by atoms with E-state index >= 15 is 0 Å². The van der Waals surface area contributed by atoms with Gasteiger partial charge in [-0.05, 0) is 43.9 Å². The van der Waals surface area contributed by atoms with Crippen LogP contribution in [0.15, 0.2) is 18.2 Å². The molecule has 1 aromatic rings. The first kappa shape index (κ1) is 17.7. The number of nitrogens with one attached hydrogen (secondary N) is 1. The molecule has 1 fully saturated rings. The van der Waals surface area contributed by atoms with Crippen molar-refractivity contribution in [1.29, 1.82) is 0 Å². The first-order chi connectivity index (χ1) is 10.9. The fourth-order valence-corrected chi connectivity index (χ4v) is 3.22. The van der Waals surface area contributed by atoms with Crippen LogP contribution in [0.3, 0.4) is 0 Å². The summed E-state index contributed by atoms with van der Waals surface area (Å²) in [6.45, 7) is 6.08.